The van der Waals surface area contributed by atoms with Gasteiger partial charge in [-0.3, -0.25) is 0 Å². The Morgan fingerprint density at radius 3 is 2.71 bits per heavy atom. The zero-order chi connectivity index (χ0) is 12.5. The molecule has 0 aliphatic carbocycles. The highest BCUT2D eigenvalue weighted by molar-refractivity contribution is 7.91. The molecule has 1 aliphatic rings. The van der Waals surface area contributed by atoms with E-state index in [-0.39, 0.29) is 17.5 Å². The number of aryl methyl sites for hydroxylation is 1. The topological polar surface area (TPSA) is 82.8 Å². The van der Waals surface area contributed by atoms with E-state index in [9.17, 15) is 8.42 Å². The molecular formula is C10H13N3O2S2. The molecule has 2 heterocycles. The Hall–Kier alpha value is -1.13. The van der Waals surface area contributed by atoms with Crippen molar-refractivity contribution in [1.29, 1.82) is 5.26 Å². The van der Waals surface area contributed by atoms with E-state index in [1.807, 2.05) is 0 Å². The number of anilines is 1. The molecule has 0 saturated carbocycles. The van der Waals surface area contributed by atoms with Gasteiger partial charge < -0.3 is 5.32 Å². The van der Waals surface area contributed by atoms with Crippen LogP contribution in [-0.4, -0.2) is 30.3 Å². The summed E-state index contributed by atoms with van der Waals surface area (Å²) in [6.45, 7) is 1.80. The van der Waals surface area contributed by atoms with Crippen molar-refractivity contribution in [2.75, 3.05) is 16.8 Å². The average Bonchev–Trinajstić information content (AvgIpc) is 2.62. The van der Waals surface area contributed by atoms with Crippen LogP contribution in [0.5, 0.6) is 0 Å². The van der Waals surface area contributed by atoms with Crippen LogP contribution in [0.2, 0.25) is 0 Å². The van der Waals surface area contributed by atoms with Crippen LogP contribution < -0.4 is 5.32 Å². The van der Waals surface area contributed by atoms with Gasteiger partial charge in [0.25, 0.3) is 0 Å². The van der Waals surface area contributed by atoms with E-state index >= 15 is 0 Å². The monoisotopic (exact) mass is 271 g/mol. The molecule has 0 radical (unpaired) electrons. The SMILES string of the molecule is Cc1nsc(NC2CCS(=O)(=O)CC2)c1C#N. The van der Waals surface area contributed by atoms with Crippen LogP contribution in [0, 0.1) is 18.3 Å². The second kappa shape index (κ2) is 4.63. The third-order valence-corrected chi connectivity index (χ3v) is 5.45. The van der Waals surface area contributed by atoms with Gasteiger partial charge in [0.2, 0.25) is 0 Å². The van der Waals surface area contributed by atoms with Gasteiger partial charge in [-0.2, -0.15) is 9.64 Å². The quantitative estimate of drug-likeness (QED) is 0.877. The summed E-state index contributed by atoms with van der Waals surface area (Å²) in [5.41, 5.74) is 1.30. The van der Waals surface area contributed by atoms with Gasteiger partial charge in [-0.15, -0.1) is 0 Å². The first-order chi connectivity index (χ1) is 8.02. The molecule has 92 valence electrons. The average molecular weight is 271 g/mol. The lowest BCUT2D eigenvalue weighted by molar-refractivity contribution is 0.560. The van der Waals surface area contributed by atoms with Crippen molar-refractivity contribution in [3.8, 4) is 6.07 Å². The zero-order valence-corrected chi connectivity index (χ0v) is 11.1. The Kier molecular flexibility index (Phi) is 3.35. The van der Waals surface area contributed by atoms with Crippen LogP contribution in [0.4, 0.5) is 5.00 Å². The number of nitrogens with one attached hydrogen (secondary N) is 1. The fraction of sp³-hybridized carbons (Fsp3) is 0.600. The molecule has 0 amide bonds. The van der Waals surface area contributed by atoms with Gasteiger partial charge in [0, 0.05) is 6.04 Å². The van der Waals surface area contributed by atoms with Crippen molar-refractivity contribution < 1.29 is 8.42 Å². The van der Waals surface area contributed by atoms with Crippen molar-refractivity contribution in [1.82, 2.24) is 4.37 Å². The van der Waals surface area contributed by atoms with Crippen LogP contribution in [0.1, 0.15) is 24.1 Å². The molecule has 1 fully saturated rings. The van der Waals surface area contributed by atoms with Gasteiger partial charge in [0.1, 0.15) is 26.5 Å². The molecule has 1 aromatic rings. The van der Waals surface area contributed by atoms with Gasteiger partial charge in [-0.25, -0.2) is 8.42 Å². The molecule has 0 bridgehead atoms. The van der Waals surface area contributed by atoms with E-state index in [1.165, 1.54) is 11.5 Å². The first-order valence-electron chi connectivity index (χ1n) is 5.35. The number of nitrogens with zero attached hydrogens (tertiary/aromatic N) is 2. The Morgan fingerprint density at radius 2 is 2.12 bits per heavy atom. The number of hydrogen-bond acceptors (Lipinski definition) is 6. The summed E-state index contributed by atoms with van der Waals surface area (Å²) >= 11 is 1.26. The first-order valence-corrected chi connectivity index (χ1v) is 7.94. The molecule has 1 aliphatic heterocycles. The van der Waals surface area contributed by atoms with Gasteiger partial charge in [-0.05, 0) is 31.3 Å². The van der Waals surface area contributed by atoms with Crippen molar-refractivity contribution in [3.05, 3.63) is 11.3 Å². The number of hydrogen-bond donors (Lipinski definition) is 1. The molecule has 0 unspecified atom stereocenters. The first kappa shape index (κ1) is 12.3. The van der Waals surface area contributed by atoms with Crippen LogP contribution in [0.3, 0.4) is 0 Å². The maximum absolute atomic E-state index is 11.3. The Balaban J connectivity index is 2.05. The lowest BCUT2D eigenvalue weighted by atomic mass is 10.1. The number of sulfone groups is 1. The fourth-order valence-corrected chi connectivity index (χ4v) is 4.13. The summed E-state index contributed by atoms with van der Waals surface area (Å²) in [7, 11) is -2.84. The Labute approximate surface area is 105 Å². The molecule has 0 aromatic carbocycles. The third-order valence-electron chi connectivity index (χ3n) is 2.86. The minimum atomic E-state index is -2.84. The van der Waals surface area contributed by atoms with E-state index in [0.29, 0.717) is 18.4 Å². The van der Waals surface area contributed by atoms with E-state index < -0.39 is 9.84 Å². The molecule has 0 atom stereocenters. The summed E-state index contributed by atoms with van der Waals surface area (Å²) < 4.78 is 26.7. The van der Waals surface area contributed by atoms with Crippen LogP contribution in [-0.2, 0) is 9.84 Å². The molecule has 1 aromatic heterocycles. The van der Waals surface area contributed by atoms with Crippen LogP contribution in [0.15, 0.2) is 0 Å². The molecule has 1 saturated heterocycles. The number of nitriles is 1. The maximum atomic E-state index is 11.3. The summed E-state index contributed by atoms with van der Waals surface area (Å²) in [6.07, 6.45) is 1.20. The van der Waals surface area contributed by atoms with Crippen molar-refractivity contribution >= 4 is 26.4 Å². The number of rotatable bonds is 2. The van der Waals surface area contributed by atoms with Gasteiger partial charge in [0.05, 0.1) is 17.2 Å². The van der Waals surface area contributed by atoms with Gasteiger partial charge >= 0.3 is 0 Å². The molecule has 1 N–H and O–H groups in total. The second-order valence-electron chi connectivity index (χ2n) is 4.15. The van der Waals surface area contributed by atoms with Crippen LogP contribution in [0.25, 0.3) is 0 Å². The fourth-order valence-electron chi connectivity index (χ4n) is 1.82. The zero-order valence-electron chi connectivity index (χ0n) is 9.43. The smallest absolute Gasteiger partial charge is 0.150 e. The van der Waals surface area contributed by atoms with Gasteiger partial charge in [0.15, 0.2) is 0 Å². The number of aromatic nitrogens is 1. The highest BCUT2D eigenvalue weighted by Crippen LogP contribution is 2.26. The minimum Gasteiger partial charge on any atom is -0.372 e. The third kappa shape index (κ3) is 2.76. The molecule has 0 spiro atoms. The Bertz CT molecular complexity index is 543. The lowest BCUT2D eigenvalue weighted by Gasteiger charge is -2.23. The molecule has 5 nitrogen and oxygen atoms in total. The maximum Gasteiger partial charge on any atom is 0.150 e. The van der Waals surface area contributed by atoms with E-state index in [1.54, 1.807) is 6.92 Å². The van der Waals surface area contributed by atoms with E-state index in [0.717, 1.165) is 10.7 Å². The summed E-state index contributed by atoms with van der Waals surface area (Å²) in [4.78, 5) is 0. The lowest BCUT2D eigenvalue weighted by Crippen LogP contribution is -2.32. The highest BCUT2D eigenvalue weighted by atomic mass is 32.2. The van der Waals surface area contributed by atoms with Crippen molar-refractivity contribution in [2.24, 2.45) is 0 Å². The standard InChI is InChI=1S/C10H13N3O2S2/c1-7-9(6-11)10(16-13-7)12-8-2-4-17(14,15)5-3-8/h8,12H,2-5H2,1H3. The van der Waals surface area contributed by atoms with E-state index in [4.69, 9.17) is 5.26 Å². The minimum absolute atomic E-state index is 0.130. The van der Waals surface area contributed by atoms with Crippen LogP contribution >= 0.6 is 11.5 Å². The molecule has 2 rings (SSSR count). The summed E-state index contributed by atoms with van der Waals surface area (Å²) in [6, 6.07) is 2.25. The van der Waals surface area contributed by atoms with Crippen molar-refractivity contribution in [3.63, 3.8) is 0 Å². The summed E-state index contributed by atoms with van der Waals surface area (Å²) in [5.74, 6) is 0.453. The normalized spacial score (nSPS) is 19.8. The largest absolute Gasteiger partial charge is 0.372 e. The van der Waals surface area contributed by atoms with Crippen molar-refractivity contribution in [2.45, 2.75) is 25.8 Å². The Morgan fingerprint density at radius 1 is 1.47 bits per heavy atom. The van der Waals surface area contributed by atoms with Gasteiger partial charge in [-0.1, -0.05) is 0 Å². The predicted octanol–water partition coefficient (Wildman–Crippen LogP) is 1.31. The summed E-state index contributed by atoms with van der Waals surface area (Å²) in [5, 5.41) is 13.0. The molecular weight excluding hydrogens is 258 g/mol. The van der Waals surface area contributed by atoms with E-state index in [2.05, 4.69) is 15.8 Å². The highest BCUT2D eigenvalue weighted by Gasteiger charge is 2.24. The predicted molar refractivity (Wildman–Crippen MR) is 66.9 cm³/mol. The molecule has 17 heavy (non-hydrogen) atoms. The second-order valence-corrected chi connectivity index (χ2v) is 7.23. The molecule has 7 heteroatoms.